The van der Waals surface area contributed by atoms with Gasteiger partial charge in [0.05, 0.1) is 0 Å². The van der Waals surface area contributed by atoms with E-state index in [2.05, 4.69) is 5.32 Å². The molecule has 22 heavy (non-hydrogen) atoms. The molecule has 1 heterocycles. The second-order valence-electron chi connectivity index (χ2n) is 5.24. The van der Waals surface area contributed by atoms with Gasteiger partial charge in [0.25, 0.3) is 5.91 Å². The van der Waals surface area contributed by atoms with Gasteiger partial charge in [0.2, 0.25) is 6.10 Å². The summed E-state index contributed by atoms with van der Waals surface area (Å²) in [5, 5.41) is 12.6. The average molecular weight is 370 g/mol. The Labute approximate surface area is 181 Å². The zero-order valence-electron chi connectivity index (χ0n) is 13.2. The van der Waals surface area contributed by atoms with E-state index in [0.717, 1.165) is 4.90 Å². The van der Waals surface area contributed by atoms with E-state index in [1.807, 2.05) is 12.3 Å². The van der Waals surface area contributed by atoms with Crippen LogP contribution in [0.2, 0.25) is 5.02 Å². The van der Waals surface area contributed by atoms with Gasteiger partial charge in [-0.2, -0.15) is 0 Å². The normalized spacial score (nSPS) is 16.9. The van der Waals surface area contributed by atoms with Crippen molar-refractivity contribution in [3.8, 4) is 0 Å². The topological polar surface area (TPSA) is 78.5 Å². The van der Waals surface area contributed by atoms with Crippen molar-refractivity contribution in [1.82, 2.24) is 5.32 Å². The van der Waals surface area contributed by atoms with Crippen molar-refractivity contribution in [3.05, 3.63) is 28.8 Å². The third kappa shape index (κ3) is 7.31. The quantitative estimate of drug-likeness (QED) is 0.562. The first kappa shape index (κ1) is 22.4. The van der Waals surface area contributed by atoms with Crippen LogP contribution < -0.4 is 61.8 Å². The number of halogens is 1. The minimum Gasteiger partial charge on any atom is -0.850 e. The summed E-state index contributed by atoms with van der Waals surface area (Å²) in [4.78, 5) is 23.2. The molecule has 1 saturated heterocycles. The van der Waals surface area contributed by atoms with Gasteiger partial charge in [0.15, 0.2) is 0 Å². The van der Waals surface area contributed by atoms with Crippen LogP contribution in [0.25, 0.3) is 0 Å². The monoisotopic (exact) mass is 369 g/mol. The summed E-state index contributed by atoms with van der Waals surface area (Å²) in [5.74, 6) is -0.478. The number of benzene rings is 1. The Morgan fingerprint density at radius 1 is 1.32 bits per heavy atom. The van der Waals surface area contributed by atoms with Crippen LogP contribution in [0.15, 0.2) is 23.1 Å². The fraction of sp³-hybridized carbons (Fsp3) is 0.429. The van der Waals surface area contributed by atoms with Crippen molar-refractivity contribution in [2.45, 2.75) is 37.4 Å². The minimum absolute atomic E-state index is 0. The van der Waals surface area contributed by atoms with Crippen molar-refractivity contribution in [1.29, 1.82) is 0 Å². The zero-order chi connectivity index (χ0) is 16.2. The van der Waals surface area contributed by atoms with Gasteiger partial charge in [0, 0.05) is 15.5 Å². The van der Waals surface area contributed by atoms with E-state index in [9.17, 15) is 14.7 Å². The summed E-state index contributed by atoms with van der Waals surface area (Å²) in [6.45, 7) is 4.90. The molecule has 0 saturated carbocycles. The minimum atomic E-state index is -0.941. The molecule has 1 unspecified atom stereocenters. The number of hydrogen-bond donors (Lipinski definition) is 1. The maximum atomic E-state index is 11.5. The fourth-order valence-electron chi connectivity index (χ4n) is 1.50. The van der Waals surface area contributed by atoms with E-state index in [4.69, 9.17) is 16.3 Å². The SMILES string of the molecule is CC(C)(C)[O-].CSc1cccc(Cl)c1C1OC(=O)NC1=O.[K+]. The van der Waals surface area contributed by atoms with Gasteiger partial charge < -0.3 is 9.84 Å². The second kappa shape index (κ2) is 9.63. The molecule has 2 amide bonds. The van der Waals surface area contributed by atoms with Crippen molar-refractivity contribution in [3.63, 3.8) is 0 Å². The van der Waals surface area contributed by atoms with E-state index < -0.39 is 23.7 Å². The van der Waals surface area contributed by atoms with Crippen LogP contribution in [0.1, 0.15) is 32.4 Å². The van der Waals surface area contributed by atoms with Gasteiger partial charge in [-0.05, 0) is 18.4 Å². The number of carbonyl (C=O) groups excluding carboxylic acids is 2. The van der Waals surface area contributed by atoms with Gasteiger partial charge in [-0.1, -0.05) is 38.4 Å². The second-order valence-corrected chi connectivity index (χ2v) is 6.50. The number of ether oxygens (including phenoxy) is 1. The summed E-state index contributed by atoms with van der Waals surface area (Å²) in [6.07, 6.45) is 0.190. The number of rotatable bonds is 2. The standard InChI is InChI=1S/C10H8ClNO3S.C4H9O.K/c1-16-6-4-2-3-5(11)7(6)8-9(13)12-10(14)15-8;1-4(2,3)5;/h2-4,8H,1H3,(H,12,13,14);1-3H3;/q;-1;+1. The van der Waals surface area contributed by atoms with Gasteiger partial charge in [0.1, 0.15) is 0 Å². The Kier molecular flexibility index (Phi) is 9.81. The molecule has 0 aliphatic carbocycles. The van der Waals surface area contributed by atoms with Gasteiger partial charge >= 0.3 is 57.5 Å². The first-order valence-corrected chi connectivity index (χ1v) is 7.78. The van der Waals surface area contributed by atoms with Gasteiger partial charge in [-0.15, -0.1) is 17.4 Å². The first-order chi connectivity index (χ1) is 9.63. The number of thioether (sulfide) groups is 1. The summed E-state index contributed by atoms with van der Waals surface area (Å²) in [5.41, 5.74) is -0.208. The molecule has 0 radical (unpaired) electrons. The maximum Gasteiger partial charge on any atom is 1.00 e. The van der Waals surface area contributed by atoms with Crippen LogP contribution in [-0.4, -0.2) is 23.9 Å². The predicted molar refractivity (Wildman–Crippen MR) is 80.4 cm³/mol. The Balaban J connectivity index is 0.000000644. The Morgan fingerprint density at radius 3 is 2.27 bits per heavy atom. The molecular weight excluding hydrogens is 353 g/mol. The molecule has 5 nitrogen and oxygen atoms in total. The molecule has 1 aliphatic rings. The number of cyclic esters (lactones) is 1. The molecular formula is C14H17ClKNO4S. The largest absolute Gasteiger partial charge is 1.00 e. The molecule has 1 atom stereocenters. The molecule has 0 aromatic heterocycles. The van der Waals surface area contributed by atoms with Crippen molar-refractivity contribution in [2.24, 2.45) is 0 Å². The summed E-state index contributed by atoms with van der Waals surface area (Å²) < 4.78 is 4.89. The average Bonchev–Trinajstić information content (AvgIpc) is 2.65. The molecule has 1 fully saturated rings. The van der Waals surface area contributed by atoms with Crippen LogP contribution >= 0.6 is 23.4 Å². The molecule has 1 N–H and O–H groups in total. The van der Waals surface area contributed by atoms with E-state index in [0.29, 0.717) is 10.6 Å². The number of hydrogen-bond acceptors (Lipinski definition) is 5. The van der Waals surface area contributed by atoms with E-state index >= 15 is 0 Å². The molecule has 116 valence electrons. The van der Waals surface area contributed by atoms with E-state index in [-0.39, 0.29) is 51.4 Å². The Morgan fingerprint density at radius 2 is 1.86 bits per heavy atom. The van der Waals surface area contributed by atoms with Gasteiger partial charge in [-0.3, -0.25) is 10.1 Å². The van der Waals surface area contributed by atoms with Crippen LogP contribution in [0.5, 0.6) is 0 Å². The predicted octanol–water partition coefficient (Wildman–Crippen LogP) is -0.481. The number of nitrogens with one attached hydrogen (secondary N) is 1. The van der Waals surface area contributed by atoms with Crippen LogP contribution in [0.4, 0.5) is 4.79 Å². The third-order valence-corrected chi connectivity index (χ3v) is 3.31. The molecule has 1 aliphatic heterocycles. The first-order valence-electron chi connectivity index (χ1n) is 6.17. The maximum absolute atomic E-state index is 11.5. The third-order valence-electron chi connectivity index (χ3n) is 2.18. The van der Waals surface area contributed by atoms with E-state index in [1.54, 1.807) is 32.9 Å². The van der Waals surface area contributed by atoms with Crippen molar-refractivity contribution < 1.29 is 70.8 Å². The number of alkyl carbamates (subject to hydrolysis) is 1. The summed E-state index contributed by atoms with van der Waals surface area (Å²) >= 11 is 7.46. The van der Waals surface area contributed by atoms with Crippen molar-refractivity contribution in [2.75, 3.05) is 6.26 Å². The fourth-order valence-corrected chi connectivity index (χ4v) is 2.48. The molecule has 1 aromatic carbocycles. The zero-order valence-corrected chi connectivity index (χ0v) is 17.9. The summed E-state index contributed by atoms with van der Waals surface area (Å²) in [6, 6.07) is 5.27. The number of carbonyl (C=O) groups is 2. The Hall–Kier alpha value is 0.396. The van der Waals surface area contributed by atoms with E-state index in [1.165, 1.54) is 11.8 Å². The molecule has 1 aromatic rings. The Bertz CT molecular complexity index is 542. The van der Waals surface area contributed by atoms with Gasteiger partial charge in [-0.25, -0.2) is 4.79 Å². The number of amides is 2. The van der Waals surface area contributed by atoms with Crippen molar-refractivity contribution >= 4 is 35.4 Å². The smallest absolute Gasteiger partial charge is 0.850 e. The van der Waals surface area contributed by atoms with Crippen LogP contribution in [0.3, 0.4) is 0 Å². The molecule has 0 spiro atoms. The molecule has 0 bridgehead atoms. The van der Waals surface area contributed by atoms with Crippen LogP contribution in [-0.2, 0) is 9.53 Å². The van der Waals surface area contributed by atoms with Crippen LogP contribution in [0, 0.1) is 0 Å². The number of imide groups is 1. The molecule has 8 heteroatoms. The summed E-state index contributed by atoms with van der Waals surface area (Å²) in [7, 11) is 0. The molecule has 2 rings (SSSR count).